The summed E-state index contributed by atoms with van der Waals surface area (Å²) in [5, 5.41) is 9.02. The number of hydrogen-bond donors (Lipinski definition) is 0. The van der Waals surface area contributed by atoms with Gasteiger partial charge in [-0.05, 0) is 24.6 Å². The van der Waals surface area contributed by atoms with Crippen LogP contribution in [-0.4, -0.2) is 44.9 Å². The van der Waals surface area contributed by atoms with Crippen LogP contribution in [0, 0.1) is 0 Å². The van der Waals surface area contributed by atoms with E-state index in [0.717, 1.165) is 5.56 Å². The van der Waals surface area contributed by atoms with Crippen LogP contribution < -0.4 is 0 Å². The molecule has 0 N–H and O–H groups in total. The fraction of sp³-hybridized carbons (Fsp3) is 0.278. The summed E-state index contributed by atoms with van der Waals surface area (Å²) < 4.78 is 7.48. The lowest BCUT2D eigenvalue weighted by molar-refractivity contribution is -0.127. The highest BCUT2D eigenvalue weighted by Crippen LogP contribution is 2.28. The normalized spacial score (nSPS) is 12.1. The van der Waals surface area contributed by atoms with Crippen molar-refractivity contribution in [2.24, 2.45) is 0 Å². The highest BCUT2D eigenvalue weighted by molar-refractivity contribution is 8.00. The van der Waals surface area contributed by atoms with Gasteiger partial charge in [-0.1, -0.05) is 42.1 Å². The van der Waals surface area contributed by atoms with Crippen molar-refractivity contribution >= 4 is 17.7 Å². The first-order valence-electron chi connectivity index (χ1n) is 7.95. The van der Waals surface area contributed by atoms with Crippen LogP contribution in [0.2, 0.25) is 0 Å². The van der Waals surface area contributed by atoms with Crippen LogP contribution in [0.5, 0.6) is 0 Å². The van der Waals surface area contributed by atoms with Crippen molar-refractivity contribution in [3.05, 3.63) is 54.3 Å². The second-order valence-corrected chi connectivity index (χ2v) is 7.16. The summed E-state index contributed by atoms with van der Waals surface area (Å²) in [4.78, 5) is 13.8. The van der Waals surface area contributed by atoms with Gasteiger partial charge in [0.1, 0.15) is 0 Å². The fourth-order valence-corrected chi connectivity index (χ4v) is 3.44. The van der Waals surface area contributed by atoms with Crippen molar-refractivity contribution in [1.29, 1.82) is 0 Å². The van der Waals surface area contributed by atoms with Crippen molar-refractivity contribution in [2.75, 3.05) is 14.1 Å². The molecule has 1 amide bonds. The first-order valence-corrected chi connectivity index (χ1v) is 8.83. The molecule has 0 bridgehead atoms. The minimum Gasteiger partial charge on any atom is -0.461 e. The third kappa shape index (κ3) is 3.93. The molecule has 6 nitrogen and oxygen atoms in total. The van der Waals surface area contributed by atoms with Gasteiger partial charge in [-0.2, -0.15) is 0 Å². The largest absolute Gasteiger partial charge is 0.461 e. The summed E-state index contributed by atoms with van der Waals surface area (Å²) >= 11 is 1.40. The first kappa shape index (κ1) is 17.3. The van der Waals surface area contributed by atoms with Gasteiger partial charge in [-0.15, -0.1) is 10.2 Å². The molecule has 3 rings (SSSR count). The molecule has 2 heterocycles. The lowest BCUT2D eigenvalue weighted by Crippen LogP contribution is -2.29. The molecule has 1 aromatic carbocycles. The third-order valence-electron chi connectivity index (χ3n) is 3.71. The first-order chi connectivity index (χ1) is 12.1. The number of thioether (sulfide) groups is 1. The van der Waals surface area contributed by atoms with Crippen LogP contribution in [0.25, 0.3) is 11.6 Å². The van der Waals surface area contributed by atoms with Gasteiger partial charge in [-0.25, -0.2) is 0 Å². The molecule has 0 fully saturated rings. The molecule has 7 heteroatoms. The molecule has 130 valence electrons. The van der Waals surface area contributed by atoms with Gasteiger partial charge >= 0.3 is 0 Å². The number of amides is 1. The highest BCUT2D eigenvalue weighted by atomic mass is 32.2. The number of carbonyl (C=O) groups is 1. The monoisotopic (exact) mass is 356 g/mol. The zero-order valence-electron chi connectivity index (χ0n) is 14.4. The molecule has 0 spiro atoms. The molecular formula is C18H20N4O2S. The van der Waals surface area contributed by atoms with Crippen LogP contribution in [0.1, 0.15) is 12.5 Å². The Balaban J connectivity index is 1.94. The quantitative estimate of drug-likeness (QED) is 0.635. The number of nitrogens with zero attached hydrogens (tertiary/aromatic N) is 4. The summed E-state index contributed by atoms with van der Waals surface area (Å²) in [6, 6.07) is 13.8. The predicted octanol–water partition coefficient (Wildman–Crippen LogP) is 3.16. The number of hydrogen-bond acceptors (Lipinski definition) is 5. The number of rotatable bonds is 6. The molecule has 1 atom stereocenters. The van der Waals surface area contributed by atoms with E-state index >= 15 is 0 Å². The van der Waals surface area contributed by atoms with E-state index in [4.69, 9.17) is 4.42 Å². The standard InChI is InChI=1S/C18H20N4O2S/c1-13(17(23)21(2)3)25-18-20-19-16(15-10-7-11-24-15)22(18)12-14-8-5-4-6-9-14/h4-11,13H,12H2,1-3H3/t13-/m1/s1. The average Bonchev–Trinajstić information content (AvgIpc) is 3.25. The summed E-state index contributed by atoms with van der Waals surface area (Å²) in [7, 11) is 3.50. The molecule has 0 saturated carbocycles. The van der Waals surface area contributed by atoms with E-state index in [1.807, 2.05) is 41.8 Å². The number of carbonyl (C=O) groups excluding carboxylic acids is 1. The van der Waals surface area contributed by atoms with Crippen LogP contribution in [-0.2, 0) is 11.3 Å². The zero-order valence-corrected chi connectivity index (χ0v) is 15.2. The van der Waals surface area contributed by atoms with Gasteiger partial charge in [0.15, 0.2) is 10.9 Å². The summed E-state index contributed by atoms with van der Waals surface area (Å²) in [5.41, 5.74) is 1.13. The Morgan fingerprint density at radius 3 is 2.60 bits per heavy atom. The summed E-state index contributed by atoms with van der Waals surface area (Å²) in [6.07, 6.45) is 1.61. The van der Waals surface area contributed by atoms with Gasteiger partial charge in [0.25, 0.3) is 0 Å². The van der Waals surface area contributed by atoms with E-state index in [9.17, 15) is 4.79 Å². The lowest BCUT2D eigenvalue weighted by atomic mass is 10.2. The van der Waals surface area contributed by atoms with E-state index in [1.54, 1.807) is 25.3 Å². The maximum Gasteiger partial charge on any atom is 0.235 e. The molecule has 25 heavy (non-hydrogen) atoms. The van der Waals surface area contributed by atoms with E-state index in [-0.39, 0.29) is 11.2 Å². The molecule has 0 aliphatic heterocycles. The van der Waals surface area contributed by atoms with Crippen molar-refractivity contribution in [2.45, 2.75) is 23.9 Å². The van der Waals surface area contributed by atoms with Gasteiger partial charge in [0.2, 0.25) is 11.7 Å². The van der Waals surface area contributed by atoms with Gasteiger partial charge < -0.3 is 9.32 Å². The Morgan fingerprint density at radius 1 is 1.20 bits per heavy atom. The van der Waals surface area contributed by atoms with Crippen LogP contribution >= 0.6 is 11.8 Å². The lowest BCUT2D eigenvalue weighted by Gasteiger charge is -2.16. The van der Waals surface area contributed by atoms with Crippen LogP contribution in [0.4, 0.5) is 0 Å². The Kier molecular flexibility index (Phi) is 5.23. The van der Waals surface area contributed by atoms with E-state index in [0.29, 0.717) is 23.3 Å². The topological polar surface area (TPSA) is 64.2 Å². The molecule has 0 saturated heterocycles. The Hall–Kier alpha value is -2.54. The second-order valence-electron chi connectivity index (χ2n) is 5.85. The molecule has 2 aromatic heterocycles. The predicted molar refractivity (Wildman–Crippen MR) is 97.3 cm³/mol. The molecular weight excluding hydrogens is 336 g/mol. The van der Waals surface area contributed by atoms with Gasteiger partial charge in [0.05, 0.1) is 18.1 Å². The Morgan fingerprint density at radius 2 is 1.96 bits per heavy atom. The van der Waals surface area contributed by atoms with Crippen LogP contribution in [0.15, 0.2) is 58.3 Å². The van der Waals surface area contributed by atoms with Crippen molar-refractivity contribution < 1.29 is 9.21 Å². The molecule has 3 aromatic rings. The molecule has 0 unspecified atom stereocenters. The smallest absolute Gasteiger partial charge is 0.235 e. The molecule has 0 aliphatic carbocycles. The van der Waals surface area contributed by atoms with E-state index in [2.05, 4.69) is 22.3 Å². The fourth-order valence-electron chi connectivity index (χ4n) is 2.44. The highest BCUT2D eigenvalue weighted by Gasteiger charge is 2.22. The number of furan rings is 1. The van der Waals surface area contributed by atoms with Crippen molar-refractivity contribution in [3.63, 3.8) is 0 Å². The summed E-state index contributed by atoms with van der Waals surface area (Å²) in [5.74, 6) is 1.35. The van der Waals surface area contributed by atoms with Crippen molar-refractivity contribution in [3.8, 4) is 11.6 Å². The maximum absolute atomic E-state index is 12.2. The second kappa shape index (κ2) is 7.57. The van der Waals surface area contributed by atoms with Crippen LogP contribution in [0.3, 0.4) is 0 Å². The SMILES string of the molecule is C[C@@H](Sc1nnc(-c2ccco2)n1Cc1ccccc1)C(=O)N(C)C. The number of benzene rings is 1. The zero-order chi connectivity index (χ0) is 17.8. The number of aromatic nitrogens is 3. The minimum absolute atomic E-state index is 0.0406. The average molecular weight is 356 g/mol. The molecule has 0 aliphatic rings. The maximum atomic E-state index is 12.2. The van der Waals surface area contributed by atoms with Gasteiger partial charge in [-0.3, -0.25) is 9.36 Å². The Bertz CT molecular complexity index is 828. The molecule has 0 radical (unpaired) electrons. The minimum atomic E-state index is -0.252. The van der Waals surface area contributed by atoms with Crippen molar-refractivity contribution in [1.82, 2.24) is 19.7 Å². The summed E-state index contributed by atoms with van der Waals surface area (Å²) in [6.45, 7) is 2.48. The van der Waals surface area contributed by atoms with E-state index < -0.39 is 0 Å². The Labute approximate surface area is 150 Å². The van der Waals surface area contributed by atoms with Gasteiger partial charge in [0, 0.05) is 14.1 Å². The van der Waals surface area contributed by atoms with E-state index in [1.165, 1.54) is 11.8 Å². The third-order valence-corrected chi connectivity index (χ3v) is 4.78.